The van der Waals surface area contributed by atoms with Gasteiger partial charge in [0.15, 0.2) is 0 Å². The topological polar surface area (TPSA) is 46.3 Å². The Morgan fingerprint density at radius 2 is 2.26 bits per heavy atom. The van der Waals surface area contributed by atoms with Gasteiger partial charge in [0.05, 0.1) is 17.8 Å². The summed E-state index contributed by atoms with van der Waals surface area (Å²) >= 11 is 3.19. The number of nitrogens with two attached hydrogens (primary N) is 1. The molecule has 0 spiro atoms. The summed E-state index contributed by atoms with van der Waals surface area (Å²) in [5, 5.41) is 0. The molecule has 1 aromatic rings. The van der Waals surface area contributed by atoms with Gasteiger partial charge in [-0.15, -0.1) is 6.42 Å². The number of nitrogen functional groups attached to an aromatic ring is 1. The SMILES string of the molecule is C#CCN(CC1CC1)C(=O)c1cc(N)c(F)cc1Br. The maximum Gasteiger partial charge on any atom is 0.255 e. The quantitative estimate of drug-likeness (QED) is 0.683. The molecular weight excluding hydrogens is 311 g/mol. The highest BCUT2D eigenvalue weighted by Crippen LogP contribution is 2.31. The van der Waals surface area contributed by atoms with Gasteiger partial charge in [-0.25, -0.2) is 4.39 Å². The van der Waals surface area contributed by atoms with Crippen molar-refractivity contribution in [2.24, 2.45) is 5.92 Å². The van der Waals surface area contributed by atoms with E-state index in [0.717, 1.165) is 12.8 Å². The van der Waals surface area contributed by atoms with E-state index >= 15 is 0 Å². The van der Waals surface area contributed by atoms with Crippen LogP contribution in [0, 0.1) is 24.1 Å². The van der Waals surface area contributed by atoms with Crippen molar-refractivity contribution >= 4 is 27.5 Å². The van der Waals surface area contributed by atoms with Gasteiger partial charge in [-0.2, -0.15) is 0 Å². The van der Waals surface area contributed by atoms with E-state index in [-0.39, 0.29) is 18.1 Å². The Morgan fingerprint density at radius 3 is 2.84 bits per heavy atom. The van der Waals surface area contributed by atoms with Crippen LogP contribution in [0.2, 0.25) is 0 Å². The average Bonchev–Trinajstić information content (AvgIpc) is 3.16. The van der Waals surface area contributed by atoms with Crippen molar-refractivity contribution in [2.75, 3.05) is 18.8 Å². The lowest BCUT2D eigenvalue weighted by Gasteiger charge is -2.21. The van der Waals surface area contributed by atoms with E-state index in [9.17, 15) is 9.18 Å². The summed E-state index contributed by atoms with van der Waals surface area (Å²) in [5.41, 5.74) is 5.81. The number of terminal acetylenes is 1. The Morgan fingerprint density at radius 1 is 1.58 bits per heavy atom. The first-order valence-corrected chi connectivity index (χ1v) is 6.79. The number of hydrogen-bond donors (Lipinski definition) is 1. The van der Waals surface area contributed by atoms with Gasteiger partial charge in [0.1, 0.15) is 5.82 Å². The predicted octanol–water partition coefficient (Wildman–Crippen LogP) is 2.66. The van der Waals surface area contributed by atoms with Crippen LogP contribution in [0.5, 0.6) is 0 Å². The first-order chi connectivity index (χ1) is 9.02. The highest BCUT2D eigenvalue weighted by Gasteiger charge is 2.27. The molecule has 0 saturated heterocycles. The number of halogens is 2. The van der Waals surface area contributed by atoms with E-state index in [1.165, 1.54) is 12.1 Å². The molecule has 2 N–H and O–H groups in total. The third kappa shape index (κ3) is 3.27. The molecule has 1 amide bonds. The molecule has 0 bridgehead atoms. The van der Waals surface area contributed by atoms with E-state index in [1.54, 1.807) is 4.90 Å². The highest BCUT2D eigenvalue weighted by atomic mass is 79.9. The molecule has 5 heteroatoms. The molecule has 0 aliphatic heterocycles. The lowest BCUT2D eigenvalue weighted by atomic mass is 10.1. The lowest BCUT2D eigenvalue weighted by Crippen LogP contribution is -2.33. The number of nitrogens with zero attached hydrogens (tertiary/aromatic N) is 1. The third-order valence-electron chi connectivity index (χ3n) is 3.06. The fourth-order valence-corrected chi connectivity index (χ4v) is 2.33. The molecule has 0 radical (unpaired) electrons. The number of anilines is 1. The zero-order valence-electron chi connectivity index (χ0n) is 10.3. The normalized spacial score (nSPS) is 13.9. The maximum absolute atomic E-state index is 13.3. The minimum absolute atomic E-state index is 0.0429. The summed E-state index contributed by atoms with van der Waals surface area (Å²) in [6.45, 7) is 0.895. The molecule has 0 unspecified atom stereocenters. The van der Waals surface area contributed by atoms with Crippen LogP contribution in [0.15, 0.2) is 16.6 Å². The van der Waals surface area contributed by atoms with E-state index in [4.69, 9.17) is 12.2 Å². The largest absolute Gasteiger partial charge is 0.396 e. The van der Waals surface area contributed by atoms with Gasteiger partial charge >= 0.3 is 0 Å². The van der Waals surface area contributed by atoms with Crippen LogP contribution in [0.1, 0.15) is 23.2 Å². The predicted molar refractivity (Wildman–Crippen MR) is 76.0 cm³/mol. The van der Waals surface area contributed by atoms with E-state index < -0.39 is 5.82 Å². The summed E-state index contributed by atoms with van der Waals surface area (Å²) in [4.78, 5) is 14.0. The van der Waals surface area contributed by atoms with Crippen molar-refractivity contribution in [3.63, 3.8) is 0 Å². The summed E-state index contributed by atoms with van der Waals surface area (Å²) in [6.07, 6.45) is 7.55. The lowest BCUT2D eigenvalue weighted by molar-refractivity contribution is 0.0769. The molecule has 1 aromatic carbocycles. The minimum Gasteiger partial charge on any atom is -0.396 e. The first kappa shape index (κ1) is 13.9. The molecule has 1 saturated carbocycles. The van der Waals surface area contributed by atoms with Gasteiger partial charge in [0, 0.05) is 11.0 Å². The zero-order chi connectivity index (χ0) is 14.0. The van der Waals surface area contributed by atoms with Crippen LogP contribution >= 0.6 is 15.9 Å². The molecule has 2 rings (SSSR count). The Labute approximate surface area is 120 Å². The van der Waals surface area contributed by atoms with Gasteiger partial charge < -0.3 is 10.6 Å². The van der Waals surface area contributed by atoms with Gasteiger partial charge in [0.25, 0.3) is 5.91 Å². The van der Waals surface area contributed by atoms with Crippen LogP contribution in [0.3, 0.4) is 0 Å². The van der Waals surface area contributed by atoms with Gasteiger partial charge in [-0.1, -0.05) is 5.92 Å². The second kappa shape index (κ2) is 5.62. The molecule has 19 heavy (non-hydrogen) atoms. The van der Waals surface area contributed by atoms with Crippen LogP contribution < -0.4 is 5.73 Å². The molecule has 1 fully saturated rings. The maximum atomic E-state index is 13.3. The van der Waals surface area contributed by atoms with Gasteiger partial charge in [0.2, 0.25) is 0 Å². The molecule has 0 aromatic heterocycles. The Balaban J connectivity index is 2.25. The summed E-state index contributed by atoms with van der Waals surface area (Å²) in [6, 6.07) is 2.55. The van der Waals surface area contributed by atoms with Crippen LogP contribution in [0.4, 0.5) is 10.1 Å². The van der Waals surface area contributed by atoms with Crippen molar-refractivity contribution in [1.82, 2.24) is 4.90 Å². The molecular formula is C14H14BrFN2O. The molecule has 3 nitrogen and oxygen atoms in total. The second-order valence-corrected chi connectivity index (χ2v) is 5.54. The highest BCUT2D eigenvalue weighted by molar-refractivity contribution is 9.10. The fourth-order valence-electron chi connectivity index (χ4n) is 1.84. The summed E-state index contributed by atoms with van der Waals surface area (Å²) in [5.74, 6) is 2.25. The zero-order valence-corrected chi connectivity index (χ0v) is 11.9. The average molecular weight is 325 g/mol. The Bertz CT molecular complexity index is 549. The molecule has 0 heterocycles. The number of carbonyl (C=O) groups is 1. The Hall–Kier alpha value is -1.54. The fraction of sp³-hybridized carbons (Fsp3) is 0.357. The van der Waals surface area contributed by atoms with Crippen molar-refractivity contribution < 1.29 is 9.18 Å². The Kier molecular flexibility index (Phi) is 4.11. The monoisotopic (exact) mass is 324 g/mol. The van der Waals surface area contributed by atoms with Gasteiger partial charge in [-0.05, 0) is 46.8 Å². The summed E-state index contributed by atoms with van der Waals surface area (Å²) < 4.78 is 13.7. The minimum atomic E-state index is -0.547. The van der Waals surface area contributed by atoms with Crippen LogP contribution in [0.25, 0.3) is 0 Å². The number of rotatable bonds is 4. The van der Waals surface area contributed by atoms with Crippen molar-refractivity contribution in [1.29, 1.82) is 0 Å². The van der Waals surface area contributed by atoms with Gasteiger partial charge in [-0.3, -0.25) is 4.79 Å². The van der Waals surface area contributed by atoms with E-state index in [1.807, 2.05) is 0 Å². The summed E-state index contributed by atoms with van der Waals surface area (Å²) in [7, 11) is 0. The third-order valence-corrected chi connectivity index (χ3v) is 3.72. The standard InChI is InChI=1S/C14H14BrFN2O/c1-2-5-18(8-9-3-4-9)14(19)10-6-13(17)12(16)7-11(10)15/h1,6-7,9H,3-5,8,17H2. The molecule has 1 aliphatic carbocycles. The molecule has 100 valence electrons. The number of benzene rings is 1. The van der Waals surface area contributed by atoms with Crippen LogP contribution in [-0.4, -0.2) is 23.9 Å². The smallest absolute Gasteiger partial charge is 0.255 e. The van der Waals surface area contributed by atoms with Crippen molar-refractivity contribution in [2.45, 2.75) is 12.8 Å². The van der Waals surface area contributed by atoms with Crippen molar-refractivity contribution in [3.05, 3.63) is 28.0 Å². The molecule has 1 aliphatic rings. The number of hydrogen-bond acceptors (Lipinski definition) is 2. The number of carbonyl (C=O) groups excluding carboxylic acids is 1. The van der Waals surface area contributed by atoms with E-state index in [2.05, 4.69) is 21.9 Å². The first-order valence-electron chi connectivity index (χ1n) is 6.00. The van der Waals surface area contributed by atoms with Crippen LogP contribution in [-0.2, 0) is 0 Å². The number of amides is 1. The van der Waals surface area contributed by atoms with Crippen molar-refractivity contribution in [3.8, 4) is 12.3 Å². The van der Waals surface area contributed by atoms with E-state index in [0.29, 0.717) is 22.5 Å². The second-order valence-electron chi connectivity index (χ2n) is 4.69. The molecule has 0 atom stereocenters.